The van der Waals surface area contributed by atoms with Crippen LogP contribution in [0.2, 0.25) is 0 Å². The minimum atomic E-state index is -0.583. The van der Waals surface area contributed by atoms with E-state index in [4.69, 9.17) is 5.73 Å². The Morgan fingerprint density at radius 1 is 1.12 bits per heavy atom. The average molecular weight is 350 g/mol. The predicted octanol–water partition coefficient (Wildman–Crippen LogP) is 5.36. The van der Waals surface area contributed by atoms with Crippen molar-refractivity contribution in [2.75, 3.05) is 0 Å². The predicted molar refractivity (Wildman–Crippen MR) is 108 cm³/mol. The maximum Gasteiger partial charge on any atom is 0.228 e. The van der Waals surface area contributed by atoms with Gasteiger partial charge in [0.05, 0.1) is 5.41 Å². The van der Waals surface area contributed by atoms with Crippen molar-refractivity contribution >= 4 is 5.91 Å². The number of hydrogen-bond acceptors (Lipinski definition) is 1. The molecule has 26 heavy (non-hydrogen) atoms. The zero-order chi connectivity index (χ0) is 18.6. The summed E-state index contributed by atoms with van der Waals surface area (Å²) in [6, 6.07) is 19.0. The Kier molecular flexibility index (Phi) is 5.80. The summed E-state index contributed by atoms with van der Waals surface area (Å²) in [5.41, 5.74) is 9.45. The van der Waals surface area contributed by atoms with Crippen molar-refractivity contribution in [3.05, 3.63) is 71.3 Å². The van der Waals surface area contributed by atoms with Gasteiger partial charge in [-0.05, 0) is 54.2 Å². The highest BCUT2D eigenvalue weighted by atomic mass is 16.1. The van der Waals surface area contributed by atoms with Crippen LogP contribution in [-0.2, 0) is 16.6 Å². The van der Waals surface area contributed by atoms with E-state index in [-0.39, 0.29) is 5.91 Å². The molecular formula is C24H31NO. The first-order valence-corrected chi connectivity index (χ1v) is 10.0. The van der Waals surface area contributed by atoms with Gasteiger partial charge in [0.1, 0.15) is 0 Å². The zero-order valence-corrected chi connectivity index (χ0v) is 16.1. The molecule has 0 radical (unpaired) electrons. The Balaban J connectivity index is 2.04. The van der Waals surface area contributed by atoms with Crippen LogP contribution >= 0.6 is 0 Å². The summed E-state index contributed by atoms with van der Waals surface area (Å²) in [5.74, 6) is 0.769. The number of carbonyl (C=O) groups excluding carboxylic acids is 1. The van der Waals surface area contributed by atoms with Gasteiger partial charge in [-0.1, -0.05) is 81.3 Å². The van der Waals surface area contributed by atoms with E-state index < -0.39 is 5.41 Å². The van der Waals surface area contributed by atoms with Crippen molar-refractivity contribution in [2.24, 2.45) is 11.7 Å². The lowest BCUT2D eigenvalue weighted by molar-refractivity contribution is -0.124. The van der Waals surface area contributed by atoms with Crippen LogP contribution in [-0.4, -0.2) is 5.91 Å². The summed E-state index contributed by atoms with van der Waals surface area (Å²) in [7, 11) is 0. The van der Waals surface area contributed by atoms with Gasteiger partial charge in [0.15, 0.2) is 0 Å². The number of carbonyl (C=O) groups is 1. The van der Waals surface area contributed by atoms with Gasteiger partial charge < -0.3 is 5.73 Å². The number of primary amides is 1. The van der Waals surface area contributed by atoms with Gasteiger partial charge >= 0.3 is 0 Å². The minimum absolute atomic E-state index is 0.174. The number of hydrogen-bond donors (Lipinski definition) is 1. The largest absolute Gasteiger partial charge is 0.369 e. The lowest BCUT2D eigenvalue weighted by atomic mass is 9.64. The highest BCUT2D eigenvalue weighted by molar-refractivity contribution is 5.86. The van der Waals surface area contributed by atoms with E-state index in [1.165, 1.54) is 17.5 Å². The highest BCUT2D eigenvalue weighted by Crippen LogP contribution is 2.46. The molecule has 2 N–H and O–H groups in total. The molecule has 1 aliphatic rings. The lowest BCUT2D eigenvalue weighted by Crippen LogP contribution is -2.43. The van der Waals surface area contributed by atoms with E-state index in [9.17, 15) is 4.79 Å². The Morgan fingerprint density at radius 2 is 1.81 bits per heavy atom. The van der Waals surface area contributed by atoms with Crippen molar-refractivity contribution in [3.63, 3.8) is 0 Å². The number of benzene rings is 2. The summed E-state index contributed by atoms with van der Waals surface area (Å²) in [6.45, 7) is 4.51. The molecule has 0 saturated carbocycles. The van der Waals surface area contributed by atoms with Gasteiger partial charge in [-0.2, -0.15) is 0 Å². The third-order valence-electron chi connectivity index (χ3n) is 6.33. The molecule has 3 atom stereocenters. The van der Waals surface area contributed by atoms with Crippen LogP contribution in [0.25, 0.3) is 0 Å². The van der Waals surface area contributed by atoms with Gasteiger partial charge in [-0.25, -0.2) is 0 Å². The minimum Gasteiger partial charge on any atom is -0.369 e. The SMILES string of the molecule is CCCCC(CC1c2ccccc2CCC1C)(C(N)=O)c1ccccc1. The molecule has 138 valence electrons. The molecular weight excluding hydrogens is 318 g/mol. The van der Waals surface area contributed by atoms with Gasteiger partial charge in [0, 0.05) is 0 Å². The summed E-state index contributed by atoms with van der Waals surface area (Å²) >= 11 is 0. The number of fused-ring (bicyclic) bond motifs is 1. The molecule has 2 aromatic carbocycles. The first kappa shape index (κ1) is 18.7. The van der Waals surface area contributed by atoms with Crippen LogP contribution in [0.15, 0.2) is 54.6 Å². The molecule has 0 fully saturated rings. The Labute approximate surface area is 157 Å². The van der Waals surface area contributed by atoms with Crippen LogP contribution in [0.5, 0.6) is 0 Å². The first-order valence-electron chi connectivity index (χ1n) is 10.0. The number of unbranched alkanes of at least 4 members (excludes halogenated alkanes) is 1. The maximum absolute atomic E-state index is 12.8. The molecule has 2 nitrogen and oxygen atoms in total. The van der Waals surface area contributed by atoms with Gasteiger partial charge in [0.2, 0.25) is 5.91 Å². The fourth-order valence-electron chi connectivity index (χ4n) is 4.67. The molecule has 0 aromatic heterocycles. The fraction of sp³-hybridized carbons (Fsp3) is 0.458. The zero-order valence-electron chi connectivity index (χ0n) is 16.1. The van der Waals surface area contributed by atoms with E-state index >= 15 is 0 Å². The molecule has 0 saturated heterocycles. The molecule has 2 aromatic rings. The second-order valence-corrected chi connectivity index (χ2v) is 7.94. The Morgan fingerprint density at radius 3 is 2.50 bits per heavy atom. The van der Waals surface area contributed by atoms with Gasteiger partial charge in [0.25, 0.3) is 0 Å². The molecule has 2 heteroatoms. The first-order chi connectivity index (χ1) is 12.6. The third kappa shape index (κ3) is 3.56. The second-order valence-electron chi connectivity index (χ2n) is 7.94. The fourth-order valence-corrected chi connectivity index (χ4v) is 4.67. The van der Waals surface area contributed by atoms with Crippen LogP contribution < -0.4 is 5.73 Å². The summed E-state index contributed by atoms with van der Waals surface area (Å²) in [5, 5.41) is 0. The normalized spacial score (nSPS) is 21.6. The van der Waals surface area contributed by atoms with Crippen molar-refractivity contribution < 1.29 is 4.79 Å². The van der Waals surface area contributed by atoms with E-state index in [0.29, 0.717) is 11.8 Å². The third-order valence-corrected chi connectivity index (χ3v) is 6.33. The number of nitrogens with two attached hydrogens (primary N) is 1. The smallest absolute Gasteiger partial charge is 0.228 e. The number of rotatable bonds is 7. The molecule has 0 bridgehead atoms. The van der Waals surface area contributed by atoms with Crippen LogP contribution in [0.3, 0.4) is 0 Å². The molecule has 3 unspecified atom stereocenters. The maximum atomic E-state index is 12.8. The van der Waals surface area contributed by atoms with Crippen molar-refractivity contribution in [1.29, 1.82) is 0 Å². The number of aryl methyl sites for hydroxylation is 1. The monoisotopic (exact) mass is 349 g/mol. The number of amides is 1. The quantitative estimate of drug-likeness (QED) is 0.719. The van der Waals surface area contributed by atoms with Crippen molar-refractivity contribution in [1.82, 2.24) is 0 Å². The van der Waals surface area contributed by atoms with Crippen LogP contribution in [0.1, 0.15) is 68.6 Å². The molecule has 3 rings (SSSR count). The highest BCUT2D eigenvalue weighted by Gasteiger charge is 2.42. The standard InChI is InChI=1S/C24H31NO/c1-3-4-16-24(23(25)26,20-11-6-5-7-12-20)17-22-18(2)14-15-19-10-8-9-13-21(19)22/h5-13,18,22H,3-4,14-17H2,1-2H3,(H2,25,26). The molecule has 1 amide bonds. The summed E-state index contributed by atoms with van der Waals surface area (Å²) < 4.78 is 0. The summed E-state index contributed by atoms with van der Waals surface area (Å²) in [4.78, 5) is 12.8. The van der Waals surface area contributed by atoms with Gasteiger partial charge in [-0.3, -0.25) is 4.79 Å². The van der Waals surface area contributed by atoms with Crippen molar-refractivity contribution in [3.8, 4) is 0 Å². The van der Waals surface area contributed by atoms with Crippen LogP contribution in [0, 0.1) is 5.92 Å². The lowest BCUT2D eigenvalue weighted by Gasteiger charge is -2.40. The van der Waals surface area contributed by atoms with E-state index in [1.54, 1.807) is 0 Å². The average Bonchev–Trinajstić information content (AvgIpc) is 2.67. The van der Waals surface area contributed by atoms with Crippen molar-refractivity contribution in [2.45, 2.75) is 63.7 Å². The Hall–Kier alpha value is -2.09. The summed E-state index contributed by atoms with van der Waals surface area (Å²) in [6.07, 6.45) is 6.04. The van der Waals surface area contributed by atoms with Crippen LogP contribution in [0.4, 0.5) is 0 Å². The van der Waals surface area contributed by atoms with E-state index in [1.807, 2.05) is 18.2 Å². The van der Waals surface area contributed by atoms with E-state index in [2.05, 4.69) is 50.2 Å². The van der Waals surface area contributed by atoms with E-state index in [0.717, 1.165) is 37.7 Å². The molecule has 0 heterocycles. The Bertz CT molecular complexity index is 739. The molecule has 1 aliphatic carbocycles. The van der Waals surface area contributed by atoms with Gasteiger partial charge in [-0.15, -0.1) is 0 Å². The second kappa shape index (κ2) is 8.07. The topological polar surface area (TPSA) is 43.1 Å². The molecule has 0 aliphatic heterocycles. The molecule has 0 spiro atoms.